The molecule has 3 N–H and O–H groups in total. The first-order chi connectivity index (χ1) is 15.6. The summed E-state index contributed by atoms with van der Waals surface area (Å²) in [5, 5.41) is 8.26. The molecule has 3 aromatic rings. The van der Waals surface area contributed by atoms with E-state index in [1.165, 1.54) is 6.07 Å². The number of nitrogens with one attached hydrogen (secondary N) is 1. The van der Waals surface area contributed by atoms with Gasteiger partial charge in [-0.05, 0) is 74.8 Å². The van der Waals surface area contributed by atoms with Crippen molar-refractivity contribution in [3.05, 3.63) is 51.9 Å². The Balaban J connectivity index is 1.54. The van der Waals surface area contributed by atoms with Crippen molar-refractivity contribution >= 4 is 34.1 Å². The standard InChI is InChI=1S/C23H25ClF3N5O/c1-3-32-21(12(2)11-29-32)22(33)30-14-6-4-13(5-7-14)19-15(24)8-9-17-20(19)16(28)10-18(31-17)23(25,26)27/h8-11,13-14H,3-7H2,1-2H3,(H2,28,31)(H,30,33). The normalized spacial score (nSPS) is 19.1. The van der Waals surface area contributed by atoms with Crippen LogP contribution >= 0.6 is 11.6 Å². The minimum absolute atomic E-state index is 0.00517. The fourth-order valence-corrected chi connectivity index (χ4v) is 5.01. The highest BCUT2D eigenvalue weighted by Crippen LogP contribution is 2.43. The molecular formula is C23H25ClF3N5O. The van der Waals surface area contributed by atoms with Gasteiger partial charge in [-0.25, -0.2) is 4.98 Å². The highest BCUT2D eigenvalue weighted by atomic mass is 35.5. The lowest BCUT2D eigenvalue weighted by atomic mass is 9.80. The Morgan fingerprint density at radius 2 is 1.97 bits per heavy atom. The summed E-state index contributed by atoms with van der Waals surface area (Å²) in [6, 6.07) is 3.91. The van der Waals surface area contributed by atoms with Crippen molar-refractivity contribution in [2.24, 2.45) is 0 Å². The van der Waals surface area contributed by atoms with Crippen LogP contribution < -0.4 is 11.1 Å². The molecular weight excluding hydrogens is 455 g/mol. The van der Waals surface area contributed by atoms with Crippen molar-refractivity contribution in [1.82, 2.24) is 20.1 Å². The Labute approximate surface area is 194 Å². The van der Waals surface area contributed by atoms with Crippen LogP contribution in [0, 0.1) is 6.92 Å². The van der Waals surface area contributed by atoms with Crippen LogP contribution in [0.4, 0.5) is 18.9 Å². The zero-order valence-electron chi connectivity index (χ0n) is 18.3. The average Bonchev–Trinajstić information content (AvgIpc) is 3.14. The average molecular weight is 480 g/mol. The lowest BCUT2D eigenvalue weighted by Crippen LogP contribution is -2.38. The molecule has 10 heteroatoms. The Morgan fingerprint density at radius 3 is 2.61 bits per heavy atom. The van der Waals surface area contributed by atoms with E-state index in [0.717, 1.165) is 42.9 Å². The van der Waals surface area contributed by atoms with Gasteiger partial charge in [-0.15, -0.1) is 0 Å². The number of rotatable bonds is 4. The summed E-state index contributed by atoms with van der Waals surface area (Å²) in [6.07, 6.45) is -0.0241. The third kappa shape index (κ3) is 4.51. The number of nitrogens with zero attached hydrogens (tertiary/aromatic N) is 3. The van der Waals surface area contributed by atoms with E-state index in [2.05, 4.69) is 15.4 Å². The Morgan fingerprint density at radius 1 is 1.27 bits per heavy atom. The molecule has 0 atom stereocenters. The molecule has 0 aliphatic heterocycles. The van der Waals surface area contributed by atoms with Gasteiger partial charge < -0.3 is 11.1 Å². The fraction of sp³-hybridized carbons (Fsp3) is 0.435. The summed E-state index contributed by atoms with van der Waals surface area (Å²) in [5.41, 5.74) is 7.36. The van der Waals surface area contributed by atoms with Crippen molar-refractivity contribution in [2.45, 2.75) is 64.2 Å². The molecule has 0 radical (unpaired) electrons. The van der Waals surface area contributed by atoms with Crippen LogP contribution in [0.2, 0.25) is 5.02 Å². The maximum Gasteiger partial charge on any atom is 0.433 e. The molecule has 0 saturated heterocycles. The number of amides is 1. The topological polar surface area (TPSA) is 85.8 Å². The second-order valence-electron chi connectivity index (χ2n) is 8.46. The predicted molar refractivity (Wildman–Crippen MR) is 121 cm³/mol. The van der Waals surface area contributed by atoms with E-state index in [1.807, 2.05) is 13.8 Å². The van der Waals surface area contributed by atoms with Gasteiger partial charge in [0, 0.05) is 28.7 Å². The number of nitrogen functional groups attached to an aromatic ring is 1. The van der Waals surface area contributed by atoms with Gasteiger partial charge in [-0.1, -0.05) is 11.6 Å². The largest absolute Gasteiger partial charge is 0.433 e. The van der Waals surface area contributed by atoms with Gasteiger partial charge in [0.2, 0.25) is 0 Å². The van der Waals surface area contributed by atoms with Crippen LogP contribution in [0.15, 0.2) is 24.4 Å². The van der Waals surface area contributed by atoms with E-state index in [4.69, 9.17) is 17.3 Å². The predicted octanol–water partition coefficient (Wildman–Crippen LogP) is 5.47. The van der Waals surface area contributed by atoms with E-state index in [-0.39, 0.29) is 29.1 Å². The highest BCUT2D eigenvalue weighted by molar-refractivity contribution is 6.32. The molecule has 176 valence electrons. The zero-order chi connectivity index (χ0) is 23.9. The third-order valence-electron chi connectivity index (χ3n) is 6.29. The summed E-state index contributed by atoms with van der Waals surface area (Å²) in [6.45, 7) is 4.39. The van der Waals surface area contributed by atoms with Crippen molar-refractivity contribution < 1.29 is 18.0 Å². The fourth-order valence-electron chi connectivity index (χ4n) is 4.70. The monoisotopic (exact) mass is 479 g/mol. The Bertz CT molecular complexity index is 1200. The number of fused-ring (bicyclic) bond motifs is 1. The number of pyridine rings is 1. The number of hydrogen-bond acceptors (Lipinski definition) is 4. The van der Waals surface area contributed by atoms with Gasteiger partial charge in [0.1, 0.15) is 11.4 Å². The summed E-state index contributed by atoms with van der Waals surface area (Å²) in [5.74, 6) is -0.135. The molecule has 1 fully saturated rings. The van der Waals surface area contributed by atoms with Gasteiger partial charge >= 0.3 is 6.18 Å². The van der Waals surface area contributed by atoms with E-state index >= 15 is 0 Å². The maximum atomic E-state index is 13.2. The number of hydrogen-bond donors (Lipinski definition) is 2. The Hall–Kier alpha value is -2.81. The Kier molecular flexibility index (Phi) is 6.26. The SMILES string of the molecule is CCn1ncc(C)c1C(=O)NC1CCC(c2c(Cl)ccc3nc(C(F)(F)F)cc(N)c23)CC1. The van der Waals surface area contributed by atoms with Gasteiger partial charge in [-0.2, -0.15) is 18.3 Å². The van der Waals surface area contributed by atoms with Crippen LogP contribution in [0.25, 0.3) is 10.9 Å². The molecule has 1 amide bonds. The number of nitrogens with two attached hydrogens (primary N) is 1. The molecule has 1 aliphatic rings. The lowest BCUT2D eigenvalue weighted by Gasteiger charge is -2.31. The van der Waals surface area contributed by atoms with E-state index < -0.39 is 11.9 Å². The minimum Gasteiger partial charge on any atom is -0.398 e. The number of anilines is 1. The molecule has 0 unspecified atom stereocenters. The molecule has 6 nitrogen and oxygen atoms in total. The number of carbonyl (C=O) groups excluding carboxylic acids is 1. The van der Waals surface area contributed by atoms with Crippen molar-refractivity contribution in [1.29, 1.82) is 0 Å². The van der Waals surface area contributed by atoms with Gasteiger partial charge in [0.15, 0.2) is 0 Å². The van der Waals surface area contributed by atoms with Crippen molar-refractivity contribution in [2.75, 3.05) is 5.73 Å². The van der Waals surface area contributed by atoms with Crippen molar-refractivity contribution in [3.8, 4) is 0 Å². The smallest absolute Gasteiger partial charge is 0.398 e. The van der Waals surface area contributed by atoms with Gasteiger partial charge in [0.25, 0.3) is 5.91 Å². The molecule has 33 heavy (non-hydrogen) atoms. The molecule has 1 aromatic carbocycles. The second-order valence-corrected chi connectivity index (χ2v) is 8.87. The van der Waals surface area contributed by atoms with Crippen molar-refractivity contribution in [3.63, 3.8) is 0 Å². The lowest BCUT2D eigenvalue weighted by molar-refractivity contribution is -0.140. The number of carbonyl (C=O) groups is 1. The highest BCUT2D eigenvalue weighted by Gasteiger charge is 2.34. The number of alkyl halides is 3. The van der Waals surface area contributed by atoms with Gasteiger partial charge in [0.05, 0.1) is 11.7 Å². The summed E-state index contributed by atoms with van der Waals surface area (Å²) in [4.78, 5) is 16.6. The molecule has 4 rings (SSSR count). The molecule has 1 aliphatic carbocycles. The van der Waals surface area contributed by atoms with Crippen LogP contribution in [0.3, 0.4) is 0 Å². The number of halogens is 4. The minimum atomic E-state index is -4.58. The summed E-state index contributed by atoms with van der Waals surface area (Å²) >= 11 is 6.49. The van der Waals surface area contributed by atoms with E-state index in [1.54, 1.807) is 16.9 Å². The molecule has 2 heterocycles. The number of aromatic nitrogens is 3. The molecule has 2 aromatic heterocycles. The molecule has 0 bridgehead atoms. The summed E-state index contributed by atoms with van der Waals surface area (Å²) in [7, 11) is 0. The first kappa shape index (κ1) is 23.4. The first-order valence-corrected chi connectivity index (χ1v) is 11.3. The third-order valence-corrected chi connectivity index (χ3v) is 6.62. The van der Waals surface area contributed by atoms with E-state index in [9.17, 15) is 18.0 Å². The number of aryl methyl sites for hydroxylation is 2. The number of benzene rings is 1. The van der Waals surface area contributed by atoms with Crippen LogP contribution in [-0.2, 0) is 12.7 Å². The van der Waals surface area contributed by atoms with Crippen LogP contribution in [0.1, 0.15) is 65.8 Å². The maximum absolute atomic E-state index is 13.2. The van der Waals surface area contributed by atoms with E-state index in [0.29, 0.717) is 22.6 Å². The van der Waals surface area contributed by atoms with Crippen LogP contribution in [0.5, 0.6) is 0 Å². The summed E-state index contributed by atoms with van der Waals surface area (Å²) < 4.78 is 41.2. The van der Waals surface area contributed by atoms with Gasteiger partial charge in [-0.3, -0.25) is 9.48 Å². The second kappa shape index (κ2) is 8.85. The first-order valence-electron chi connectivity index (χ1n) is 10.9. The van der Waals surface area contributed by atoms with Crippen LogP contribution in [-0.4, -0.2) is 26.7 Å². The zero-order valence-corrected chi connectivity index (χ0v) is 19.1. The molecule has 1 saturated carbocycles. The molecule has 0 spiro atoms. The quantitative estimate of drug-likeness (QED) is 0.519.